The van der Waals surface area contributed by atoms with Crippen molar-refractivity contribution < 1.29 is 56.6 Å². The predicted molar refractivity (Wildman–Crippen MR) is 24.8 cm³/mol. The first-order valence-corrected chi connectivity index (χ1v) is 0. The Balaban J connectivity index is 0. The molecule has 0 amide bonds. The van der Waals surface area contributed by atoms with Crippen LogP contribution in [0.1, 0.15) is 0 Å². The van der Waals surface area contributed by atoms with Gasteiger partial charge in [-0.3, -0.25) is 0 Å². The Hall–Kier alpha value is 3.54. The minimum atomic E-state index is 0. The Morgan fingerprint density at radius 1 is 0.429 bits per heavy atom. The minimum absolute atomic E-state index is 0. The van der Waals surface area contributed by atoms with Crippen LogP contribution in [0.4, 0.5) is 0 Å². The summed E-state index contributed by atoms with van der Waals surface area (Å²) in [5, 5.41) is 0. The molecule has 0 saturated heterocycles. The third-order valence-corrected chi connectivity index (χ3v) is 0. The number of hydrogen-bond acceptors (Lipinski definition) is 0. The van der Waals surface area contributed by atoms with Gasteiger partial charge in [0.25, 0.3) is 0 Å². The molecule has 0 unspecified atom stereocenters. The molecule has 14 valence electrons. The molecule has 0 rings (SSSR count). The topological polar surface area (TPSA) is 30.5 Å². The second kappa shape index (κ2) is 55.5. The molecular formula is H3Li6N. The molecule has 7 heteroatoms. The zero-order chi connectivity index (χ0) is 0. The average molecular weight is 58.7 g/mol. The van der Waals surface area contributed by atoms with Crippen LogP contribution in [0.2, 0.25) is 0 Å². The van der Waals surface area contributed by atoms with Crippen LogP contribution in [0.25, 0.3) is 6.15 Å². The molecule has 0 aliphatic carbocycles. The molecule has 0 radical (unpaired) electrons. The molecule has 1 nitrogen and oxygen atoms in total. The first kappa shape index (κ1) is 76.5. The van der Waals surface area contributed by atoms with Crippen LogP contribution in [-0.2, 0) is 0 Å². The third kappa shape index (κ3) is 43.2. The van der Waals surface area contributed by atoms with Crippen molar-refractivity contribution in [2.45, 2.75) is 0 Å². The van der Waals surface area contributed by atoms with E-state index in [0.717, 1.165) is 0 Å². The maximum Gasteiger partial charge on any atom is -3.00 e. The fourth-order valence-electron chi connectivity index (χ4n) is 0. The molecule has 0 atom stereocenters. The second-order valence-corrected chi connectivity index (χ2v) is 0. The Labute approximate surface area is 117 Å². The number of hydrogen-bond donors (Lipinski definition) is 0. The number of nitrogens with zero attached hydrogens (tertiary/aromatic N) is 1. The van der Waals surface area contributed by atoms with Crippen molar-refractivity contribution >= 4 is 56.6 Å². The zero-order valence-electron chi connectivity index (χ0n) is 3.45. The largest absolute Gasteiger partial charge is 3.00 e. The predicted octanol–water partition coefficient (Wildman–Crippen LogP) is -10.6. The van der Waals surface area contributed by atoms with Gasteiger partial charge in [-0.2, -0.15) is 0 Å². The van der Waals surface area contributed by atoms with E-state index in [1.165, 1.54) is 0 Å². The van der Waals surface area contributed by atoms with Gasteiger partial charge in [0.05, 0.1) is 0 Å². The summed E-state index contributed by atoms with van der Waals surface area (Å²) < 4.78 is 0. The summed E-state index contributed by atoms with van der Waals surface area (Å²) in [6.45, 7) is 0. The molecule has 0 aromatic heterocycles. The van der Waals surface area contributed by atoms with E-state index in [4.69, 9.17) is 0 Å². The second-order valence-electron chi connectivity index (χ2n) is 0. The van der Waals surface area contributed by atoms with E-state index >= 15 is 0 Å². The summed E-state index contributed by atoms with van der Waals surface area (Å²) in [6.07, 6.45) is 0. The molecule has 0 saturated carbocycles. The molecule has 0 spiro atoms. The van der Waals surface area contributed by atoms with Crippen molar-refractivity contribution in [3.05, 3.63) is 6.15 Å². The molecule has 0 aromatic carbocycles. The summed E-state index contributed by atoms with van der Waals surface area (Å²) in [5.74, 6) is 0. The monoisotopic (exact) mass is 59.1 g/mol. The van der Waals surface area contributed by atoms with Gasteiger partial charge in [0.1, 0.15) is 0 Å². The quantitative estimate of drug-likeness (QED) is 0.248. The van der Waals surface area contributed by atoms with Crippen LogP contribution in [0.15, 0.2) is 0 Å². The van der Waals surface area contributed by atoms with Gasteiger partial charge in [0.2, 0.25) is 0 Å². The summed E-state index contributed by atoms with van der Waals surface area (Å²) in [5.41, 5.74) is 0. The van der Waals surface area contributed by atoms with Gasteiger partial charge in [-0.05, 0) is 0 Å². The molecule has 0 heterocycles. The van der Waals surface area contributed by atoms with Crippen LogP contribution in [-0.4, -0.2) is 56.6 Å². The third-order valence-electron chi connectivity index (χ3n) is 0. The van der Waals surface area contributed by atoms with E-state index in [2.05, 4.69) is 0 Å². The van der Waals surface area contributed by atoms with Crippen LogP contribution in [0.5, 0.6) is 0 Å². The van der Waals surface area contributed by atoms with Crippen molar-refractivity contribution in [3.63, 3.8) is 0 Å². The summed E-state index contributed by atoms with van der Waals surface area (Å²) in [4.78, 5) is 0. The Kier molecular flexibility index (Phi) is 606. The van der Waals surface area contributed by atoms with Crippen molar-refractivity contribution in [3.8, 4) is 0 Å². The number of rotatable bonds is 0. The molecule has 7 heavy (non-hydrogen) atoms. The summed E-state index contributed by atoms with van der Waals surface area (Å²) in [7, 11) is 0. The van der Waals surface area contributed by atoms with E-state index in [1.54, 1.807) is 0 Å². The van der Waals surface area contributed by atoms with Gasteiger partial charge in [-0.25, -0.2) is 0 Å². The minimum Gasteiger partial charge on any atom is -3.00 e. The Bertz CT molecular complexity index is 4.14. The molecule has 0 aromatic rings. The van der Waals surface area contributed by atoms with Crippen molar-refractivity contribution in [2.24, 2.45) is 0 Å². The molecule has 0 aliphatic rings. The van der Waals surface area contributed by atoms with Gasteiger partial charge in [0, 0.05) is 0 Å². The van der Waals surface area contributed by atoms with E-state index < -0.39 is 0 Å². The van der Waals surface area contributed by atoms with E-state index in [0.29, 0.717) is 0 Å². The van der Waals surface area contributed by atoms with Gasteiger partial charge in [-0.1, -0.05) is 0 Å². The zero-order valence-corrected chi connectivity index (χ0v) is 3.45. The SMILES string of the molecule is [Li+].[Li+].[Li+].[LiH].[LiH].[LiH].[N-3]. The molecular weight excluding hydrogens is 55.7 g/mol. The molecule has 0 N–H and O–H groups in total. The normalized spacial score (nSPS) is 0. The smallest absolute Gasteiger partial charge is 3.00 e. The van der Waals surface area contributed by atoms with Gasteiger partial charge < -0.3 is 6.15 Å². The maximum atomic E-state index is 0. The van der Waals surface area contributed by atoms with Crippen LogP contribution < -0.4 is 56.6 Å². The fraction of sp³-hybridized carbons (Fsp3) is 0. The molecule has 0 bridgehead atoms. The van der Waals surface area contributed by atoms with Gasteiger partial charge >= 0.3 is 113 Å². The summed E-state index contributed by atoms with van der Waals surface area (Å²) in [6, 6.07) is 0. The first-order chi connectivity index (χ1) is 0. The van der Waals surface area contributed by atoms with Crippen LogP contribution >= 0.6 is 0 Å². The standard InChI is InChI=1S/6Li.N.3H/q;;;3*+1;-3;;;. The van der Waals surface area contributed by atoms with Crippen molar-refractivity contribution in [1.29, 1.82) is 0 Å². The van der Waals surface area contributed by atoms with E-state index in [1.807, 2.05) is 0 Å². The maximum absolute atomic E-state index is 0. The van der Waals surface area contributed by atoms with E-state index in [-0.39, 0.29) is 119 Å². The summed E-state index contributed by atoms with van der Waals surface area (Å²) >= 11 is 0. The Morgan fingerprint density at radius 3 is 0.429 bits per heavy atom. The fourth-order valence-corrected chi connectivity index (χ4v) is 0. The van der Waals surface area contributed by atoms with Crippen LogP contribution in [0, 0.1) is 0 Å². The van der Waals surface area contributed by atoms with Gasteiger partial charge in [0.15, 0.2) is 0 Å². The van der Waals surface area contributed by atoms with Crippen LogP contribution in [0.3, 0.4) is 0 Å². The van der Waals surface area contributed by atoms with Crippen molar-refractivity contribution in [1.82, 2.24) is 0 Å². The van der Waals surface area contributed by atoms with Gasteiger partial charge in [-0.15, -0.1) is 0 Å². The Morgan fingerprint density at radius 2 is 0.429 bits per heavy atom. The first-order valence-electron chi connectivity index (χ1n) is 0. The van der Waals surface area contributed by atoms with Crippen molar-refractivity contribution in [2.75, 3.05) is 0 Å². The molecule has 0 aliphatic heterocycles. The molecule has 0 fully saturated rings. The van der Waals surface area contributed by atoms with E-state index in [9.17, 15) is 0 Å². The average Bonchev–Trinajstić information content (AvgIpc) is 0.